The quantitative estimate of drug-likeness (QED) is 0.640. The van der Waals surface area contributed by atoms with Crippen LogP contribution in [-0.2, 0) is 0 Å². The van der Waals surface area contributed by atoms with E-state index in [4.69, 9.17) is 19.3 Å². The van der Waals surface area contributed by atoms with Crippen molar-refractivity contribution in [2.24, 2.45) is 0 Å². The number of nitrogen functional groups attached to an aromatic ring is 2. The zero-order valence-electron chi connectivity index (χ0n) is 12.3. The monoisotopic (exact) mass is 276 g/mol. The van der Waals surface area contributed by atoms with Crippen molar-refractivity contribution < 1.29 is 0 Å². The van der Waals surface area contributed by atoms with Crippen molar-refractivity contribution >= 4 is 19.2 Å². The third-order valence-corrected chi connectivity index (χ3v) is 4.46. The highest BCUT2D eigenvalue weighted by Gasteiger charge is 2.19. The molecule has 2 aromatic rings. The lowest BCUT2D eigenvalue weighted by Crippen LogP contribution is -2.09. The zero-order valence-corrected chi connectivity index (χ0v) is 12.3. The Labute approximate surface area is 128 Å². The van der Waals surface area contributed by atoms with Gasteiger partial charge in [0.1, 0.15) is 0 Å². The van der Waals surface area contributed by atoms with Gasteiger partial charge in [-0.25, -0.2) is 0 Å². The number of hydrogen-bond donors (Lipinski definition) is 2. The highest BCUT2D eigenvalue weighted by atomic mass is 14.6. The first-order valence-electron chi connectivity index (χ1n) is 7.64. The van der Waals surface area contributed by atoms with Crippen LogP contribution in [0.15, 0.2) is 42.5 Å². The second-order valence-electron chi connectivity index (χ2n) is 6.12. The molecule has 2 radical (unpaired) electrons. The summed E-state index contributed by atoms with van der Waals surface area (Å²) in [6, 6.07) is 14.5. The van der Waals surface area contributed by atoms with Crippen molar-refractivity contribution in [1.29, 1.82) is 0 Å². The maximum atomic E-state index is 5.98. The molecule has 2 nitrogen and oxygen atoms in total. The molecule has 4 N–H and O–H groups in total. The summed E-state index contributed by atoms with van der Waals surface area (Å²) >= 11 is 0. The molecule has 0 unspecified atom stereocenters. The van der Waals surface area contributed by atoms with Crippen molar-refractivity contribution in [1.82, 2.24) is 0 Å². The van der Waals surface area contributed by atoms with E-state index in [-0.39, 0.29) is 0 Å². The van der Waals surface area contributed by atoms with Gasteiger partial charge in [0.25, 0.3) is 0 Å². The standard InChI is InChI=1S/C18H21BN2/c19-16-7-5-13(6-8-16)12-1-3-14(4-2-12)15-9-17(20)11-18(21)10-15/h1-4,9-11,13,16H,5-8,20-21H2. The summed E-state index contributed by atoms with van der Waals surface area (Å²) in [7, 11) is 5.98. The molecule has 2 aromatic carbocycles. The second kappa shape index (κ2) is 5.84. The number of hydrogen-bond acceptors (Lipinski definition) is 2. The fraction of sp³-hybridized carbons (Fsp3) is 0.333. The predicted octanol–water partition coefficient (Wildman–Crippen LogP) is 4.13. The van der Waals surface area contributed by atoms with Crippen LogP contribution in [0.5, 0.6) is 0 Å². The normalized spacial score (nSPS) is 22.1. The molecule has 0 spiro atoms. The molecular weight excluding hydrogens is 255 g/mol. The summed E-state index contributed by atoms with van der Waals surface area (Å²) < 4.78 is 0. The Bertz CT molecular complexity index is 593. The molecule has 3 heteroatoms. The molecule has 1 aliphatic rings. The maximum absolute atomic E-state index is 5.98. The largest absolute Gasteiger partial charge is 0.399 e. The van der Waals surface area contributed by atoms with Crippen LogP contribution in [0.1, 0.15) is 37.2 Å². The molecule has 21 heavy (non-hydrogen) atoms. The number of rotatable bonds is 2. The van der Waals surface area contributed by atoms with Crippen molar-refractivity contribution in [3.05, 3.63) is 48.0 Å². The Balaban J connectivity index is 1.80. The van der Waals surface area contributed by atoms with Crippen LogP contribution < -0.4 is 11.5 Å². The van der Waals surface area contributed by atoms with Gasteiger partial charge in [0.05, 0.1) is 7.85 Å². The molecule has 3 rings (SSSR count). The Morgan fingerprint density at radius 3 is 1.90 bits per heavy atom. The fourth-order valence-corrected chi connectivity index (χ4v) is 3.24. The van der Waals surface area contributed by atoms with Gasteiger partial charge in [-0.2, -0.15) is 0 Å². The third kappa shape index (κ3) is 3.23. The Kier molecular flexibility index (Phi) is 3.91. The van der Waals surface area contributed by atoms with E-state index in [0.717, 1.165) is 24.0 Å². The molecule has 0 saturated heterocycles. The Hall–Kier alpha value is -1.90. The van der Waals surface area contributed by atoms with Crippen LogP contribution in [-0.4, -0.2) is 7.85 Å². The lowest BCUT2D eigenvalue weighted by molar-refractivity contribution is 0.444. The minimum Gasteiger partial charge on any atom is -0.399 e. The fourth-order valence-electron chi connectivity index (χ4n) is 3.24. The summed E-state index contributed by atoms with van der Waals surface area (Å²) in [5, 5.41) is 0. The van der Waals surface area contributed by atoms with Crippen LogP contribution in [0.4, 0.5) is 11.4 Å². The summed E-state index contributed by atoms with van der Waals surface area (Å²) in [5.74, 6) is 1.06. The average molecular weight is 276 g/mol. The van der Waals surface area contributed by atoms with Gasteiger partial charge in [0.15, 0.2) is 0 Å². The van der Waals surface area contributed by atoms with E-state index >= 15 is 0 Å². The van der Waals surface area contributed by atoms with E-state index in [9.17, 15) is 0 Å². The summed E-state index contributed by atoms with van der Waals surface area (Å²) in [6.45, 7) is 0. The topological polar surface area (TPSA) is 52.0 Å². The maximum Gasteiger partial charge on any atom is 0.0699 e. The molecule has 106 valence electrons. The second-order valence-corrected chi connectivity index (χ2v) is 6.12. The van der Waals surface area contributed by atoms with Gasteiger partial charge in [-0.3, -0.25) is 0 Å². The Morgan fingerprint density at radius 2 is 1.33 bits per heavy atom. The first-order valence-corrected chi connectivity index (χ1v) is 7.64. The molecule has 0 bridgehead atoms. The van der Waals surface area contributed by atoms with Crippen molar-refractivity contribution in [3.63, 3.8) is 0 Å². The van der Waals surface area contributed by atoms with E-state index in [1.807, 2.05) is 12.1 Å². The number of anilines is 2. The number of benzene rings is 2. The molecule has 1 saturated carbocycles. The van der Waals surface area contributed by atoms with E-state index in [1.165, 1.54) is 18.4 Å². The van der Waals surface area contributed by atoms with Gasteiger partial charge >= 0.3 is 0 Å². The van der Waals surface area contributed by atoms with Crippen molar-refractivity contribution in [3.8, 4) is 11.1 Å². The van der Waals surface area contributed by atoms with E-state index < -0.39 is 0 Å². The highest BCUT2D eigenvalue weighted by Crippen LogP contribution is 2.37. The predicted molar refractivity (Wildman–Crippen MR) is 91.4 cm³/mol. The minimum atomic E-state index is 0.399. The average Bonchev–Trinajstić information content (AvgIpc) is 2.47. The summed E-state index contributed by atoms with van der Waals surface area (Å²) in [4.78, 5) is 0. The summed E-state index contributed by atoms with van der Waals surface area (Å²) in [5.41, 5.74) is 16.8. The molecular formula is C18H21BN2. The lowest BCUT2D eigenvalue weighted by Gasteiger charge is -2.26. The van der Waals surface area contributed by atoms with Gasteiger partial charge in [-0.15, -0.1) is 0 Å². The van der Waals surface area contributed by atoms with Gasteiger partial charge in [0, 0.05) is 11.4 Å². The Morgan fingerprint density at radius 1 is 0.762 bits per heavy atom. The van der Waals surface area contributed by atoms with E-state index in [2.05, 4.69) is 24.3 Å². The molecule has 0 atom stereocenters. The smallest absolute Gasteiger partial charge is 0.0699 e. The van der Waals surface area contributed by atoms with Gasteiger partial charge in [-0.05, 0) is 53.6 Å². The highest BCUT2D eigenvalue weighted by molar-refractivity contribution is 6.11. The molecule has 0 aromatic heterocycles. The number of nitrogens with two attached hydrogens (primary N) is 2. The third-order valence-electron chi connectivity index (χ3n) is 4.46. The first kappa shape index (κ1) is 14.1. The molecule has 0 heterocycles. The zero-order chi connectivity index (χ0) is 14.8. The van der Waals surface area contributed by atoms with Crippen molar-refractivity contribution in [2.45, 2.75) is 37.4 Å². The molecule has 1 fully saturated rings. The molecule has 0 amide bonds. The van der Waals surface area contributed by atoms with Crippen molar-refractivity contribution in [2.75, 3.05) is 11.5 Å². The van der Waals surface area contributed by atoms with Crippen LogP contribution in [0.2, 0.25) is 5.82 Å². The first-order chi connectivity index (χ1) is 10.1. The van der Waals surface area contributed by atoms with Gasteiger partial charge < -0.3 is 11.5 Å². The molecule has 0 aliphatic heterocycles. The van der Waals surface area contributed by atoms with Crippen LogP contribution in [0.3, 0.4) is 0 Å². The van der Waals surface area contributed by atoms with Gasteiger partial charge in [0.2, 0.25) is 0 Å². The van der Waals surface area contributed by atoms with Crippen LogP contribution >= 0.6 is 0 Å². The van der Waals surface area contributed by atoms with Gasteiger partial charge in [-0.1, -0.05) is 42.9 Å². The molecule has 1 aliphatic carbocycles. The van der Waals surface area contributed by atoms with E-state index in [1.54, 1.807) is 6.07 Å². The van der Waals surface area contributed by atoms with E-state index in [0.29, 0.717) is 23.1 Å². The SMILES string of the molecule is [B]C1CCC(c2ccc(-c3cc(N)cc(N)c3)cc2)CC1. The minimum absolute atomic E-state index is 0.399. The summed E-state index contributed by atoms with van der Waals surface area (Å²) in [6.07, 6.45) is 4.67. The lowest BCUT2D eigenvalue weighted by atomic mass is 9.70. The van der Waals surface area contributed by atoms with Crippen LogP contribution in [0.25, 0.3) is 11.1 Å². The van der Waals surface area contributed by atoms with Crippen LogP contribution in [0, 0.1) is 0 Å².